The van der Waals surface area contributed by atoms with Crippen LogP contribution in [0.4, 0.5) is 4.39 Å². The minimum absolute atomic E-state index is 0.0426. The Hall–Kier alpha value is -0.890. The van der Waals surface area contributed by atoms with Crippen molar-refractivity contribution >= 4 is 0 Å². The molecule has 0 amide bonds. The lowest BCUT2D eigenvalue weighted by atomic mass is 9.68. The molecular weight excluding hydrogens is 201 g/mol. The topological polar surface area (TPSA) is 26.0 Å². The highest BCUT2D eigenvalue weighted by molar-refractivity contribution is 5.35. The minimum atomic E-state index is -0.377. The van der Waals surface area contributed by atoms with Gasteiger partial charge in [-0.2, -0.15) is 0 Å². The number of rotatable bonds is 3. The van der Waals surface area contributed by atoms with E-state index in [4.69, 9.17) is 5.73 Å². The highest BCUT2D eigenvalue weighted by atomic mass is 19.1. The molecular formula is C14H20FN. The van der Waals surface area contributed by atoms with Crippen molar-refractivity contribution in [3.8, 4) is 0 Å². The maximum absolute atomic E-state index is 13.0. The Morgan fingerprint density at radius 2 is 1.81 bits per heavy atom. The molecule has 2 heteroatoms. The monoisotopic (exact) mass is 221 g/mol. The third-order valence-electron chi connectivity index (χ3n) is 3.93. The quantitative estimate of drug-likeness (QED) is 0.832. The van der Waals surface area contributed by atoms with Crippen LogP contribution >= 0.6 is 0 Å². The second kappa shape index (κ2) is 4.96. The highest BCUT2D eigenvalue weighted by Gasteiger charge is 2.33. The van der Waals surface area contributed by atoms with Crippen LogP contribution in [0.1, 0.15) is 43.2 Å². The van der Waals surface area contributed by atoms with Gasteiger partial charge in [0, 0.05) is 12.0 Å². The Balaban J connectivity index is 2.38. The summed E-state index contributed by atoms with van der Waals surface area (Å²) in [4.78, 5) is 0. The molecule has 1 aromatic carbocycles. The first-order valence-corrected chi connectivity index (χ1v) is 6.17. The first-order valence-electron chi connectivity index (χ1n) is 6.17. The summed E-state index contributed by atoms with van der Waals surface area (Å²) in [5.41, 5.74) is 8.00. The molecule has 88 valence electrons. The van der Waals surface area contributed by atoms with Crippen molar-refractivity contribution in [2.45, 2.75) is 44.2 Å². The van der Waals surface area contributed by atoms with E-state index in [0.717, 1.165) is 24.0 Å². The fraction of sp³-hybridized carbons (Fsp3) is 0.571. The van der Waals surface area contributed by atoms with Gasteiger partial charge in [0.05, 0.1) is 0 Å². The Labute approximate surface area is 96.9 Å². The third kappa shape index (κ3) is 1.99. The van der Waals surface area contributed by atoms with E-state index in [1.807, 2.05) is 18.2 Å². The number of halogens is 1. The minimum Gasteiger partial charge on any atom is -0.330 e. The lowest BCUT2D eigenvalue weighted by Gasteiger charge is -2.38. The van der Waals surface area contributed by atoms with E-state index in [1.54, 1.807) is 0 Å². The van der Waals surface area contributed by atoms with Crippen molar-refractivity contribution < 1.29 is 4.39 Å². The van der Waals surface area contributed by atoms with Crippen LogP contribution in [0.2, 0.25) is 0 Å². The summed E-state index contributed by atoms with van der Waals surface area (Å²) in [6, 6.07) is 7.86. The number of hydrogen-bond acceptors (Lipinski definition) is 1. The Bertz CT molecular complexity index is 342. The van der Waals surface area contributed by atoms with Crippen molar-refractivity contribution in [2.75, 3.05) is 6.54 Å². The second-order valence-electron chi connectivity index (χ2n) is 4.84. The molecule has 2 N–H and O–H groups in total. The third-order valence-corrected chi connectivity index (χ3v) is 3.93. The number of nitrogens with two attached hydrogens (primary N) is 1. The molecule has 2 rings (SSSR count). The lowest BCUT2D eigenvalue weighted by Crippen LogP contribution is -2.37. The molecule has 1 nitrogen and oxygen atoms in total. The van der Waals surface area contributed by atoms with E-state index in [9.17, 15) is 4.39 Å². The van der Waals surface area contributed by atoms with Crippen molar-refractivity contribution in [3.63, 3.8) is 0 Å². The van der Waals surface area contributed by atoms with E-state index in [1.165, 1.54) is 19.3 Å². The molecule has 0 spiro atoms. The van der Waals surface area contributed by atoms with Crippen LogP contribution in [0.5, 0.6) is 0 Å². The van der Waals surface area contributed by atoms with Gasteiger partial charge in [-0.3, -0.25) is 0 Å². The van der Waals surface area contributed by atoms with Gasteiger partial charge in [0.15, 0.2) is 0 Å². The average molecular weight is 221 g/mol. The molecule has 0 saturated heterocycles. The number of benzene rings is 1. The van der Waals surface area contributed by atoms with Crippen molar-refractivity contribution in [2.24, 2.45) is 5.73 Å². The van der Waals surface area contributed by atoms with Gasteiger partial charge < -0.3 is 5.73 Å². The molecule has 0 unspecified atom stereocenters. The fourth-order valence-electron chi connectivity index (χ4n) is 2.97. The van der Waals surface area contributed by atoms with Crippen LogP contribution in [0.3, 0.4) is 0 Å². The van der Waals surface area contributed by atoms with Crippen LogP contribution in [-0.2, 0) is 12.1 Å². The molecule has 0 aromatic heterocycles. The summed E-state index contributed by atoms with van der Waals surface area (Å²) in [5, 5.41) is 0. The van der Waals surface area contributed by atoms with E-state index in [2.05, 4.69) is 6.07 Å². The average Bonchev–Trinajstić information content (AvgIpc) is 2.39. The number of hydrogen-bond donors (Lipinski definition) is 1. The van der Waals surface area contributed by atoms with Crippen LogP contribution in [0.25, 0.3) is 0 Å². The van der Waals surface area contributed by atoms with E-state index in [-0.39, 0.29) is 12.1 Å². The largest absolute Gasteiger partial charge is 0.330 e. The van der Waals surface area contributed by atoms with Gasteiger partial charge in [-0.05, 0) is 24.0 Å². The van der Waals surface area contributed by atoms with Gasteiger partial charge in [0.25, 0.3) is 0 Å². The molecule has 1 aliphatic carbocycles. The summed E-state index contributed by atoms with van der Waals surface area (Å²) in [7, 11) is 0. The zero-order valence-electron chi connectivity index (χ0n) is 9.71. The first-order chi connectivity index (χ1) is 7.82. The molecule has 1 fully saturated rings. The van der Waals surface area contributed by atoms with Crippen molar-refractivity contribution in [1.82, 2.24) is 0 Å². The SMILES string of the molecule is NCC1(c2ccccc2CF)CCCCC1. The number of alkyl halides is 1. The Morgan fingerprint density at radius 3 is 2.44 bits per heavy atom. The molecule has 0 bridgehead atoms. The molecule has 0 atom stereocenters. The van der Waals surface area contributed by atoms with Crippen LogP contribution in [0, 0.1) is 0 Å². The normalized spacial score (nSPS) is 19.6. The van der Waals surface area contributed by atoms with Gasteiger partial charge in [0.2, 0.25) is 0 Å². The summed E-state index contributed by atoms with van der Waals surface area (Å²) in [6.45, 7) is 0.266. The van der Waals surface area contributed by atoms with E-state index >= 15 is 0 Å². The van der Waals surface area contributed by atoms with Crippen LogP contribution in [-0.4, -0.2) is 6.54 Å². The summed E-state index contributed by atoms with van der Waals surface area (Å²) < 4.78 is 13.0. The Morgan fingerprint density at radius 1 is 1.12 bits per heavy atom. The Kier molecular flexibility index (Phi) is 3.59. The zero-order chi connectivity index (χ0) is 11.4. The maximum Gasteiger partial charge on any atom is 0.115 e. The molecule has 0 heterocycles. The smallest absolute Gasteiger partial charge is 0.115 e. The maximum atomic E-state index is 13.0. The molecule has 1 aliphatic rings. The molecule has 1 saturated carbocycles. The van der Waals surface area contributed by atoms with Crippen molar-refractivity contribution in [1.29, 1.82) is 0 Å². The molecule has 0 aliphatic heterocycles. The molecule has 1 aromatic rings. The standard InChI is InChI=1S/C14H20FN/c15-10-12-6-2-3-7-13(12)14(11-16)8-4-1-5-9-14/h2-3,6-7H,1,4-5,8-11,16H2. The van der Waals surface area contributed by atoms with Gasteiger partial charge in [0.1, 0.15) is 6.67 Å². The van der Waals surface area contributed by atoms with Gasteiger partial charge in [-0.15, -0.1) is 0 Å². The summed E-state index contributed by atoms with van der Waals surface area (Å²) in [6.07, 6.45) is 5.95. The second-order valence-corrected chi connectivity index (χ2v) is 4.84. The van der Waals surface area contributed by atoms with Gasteiger partial charge in [-0.25, -0.2) is 4.39 Å². The van der Waals surface area contributed by atoms with Crippen LogP contribution < -0.4 is 5.73 Å². The molecule has 0 radical (unpaired) electrons. The summed E-state index contributed by atoms with van der Waals surface area (Å²) in [5.74, 6) is 0. The van der Waals surface area contributed by atoms with Crippen molar-refractivity contribution in [3.05, 3.63) is 35.4 Å². The lowest BCUT2D eigenvalue weighted by molar-refractivity contribution is 0.296. The van der Waals surface area contributed by atoms with Gasteiger partial charge >= 0.3 is 0 Å². The fourth-order valence-corrected chi connectivity index (χ4v) is 2.97. The van der Waals surface area contributed by atoms with E-state index in [0.29, 0.717) is 6.54 Å². The predicted molar refractivity (Wildman–Crippen MR) is 65.1 cm³/mol. The summed E-state index contributed by atoms with van der Waals surface area (Å²) >= 11 is 0. The first kappa shape index (κ1) is 11.6. The van der Waals surface area contributed by atoms with E-state index < -0.39 is 0 Å². The predicted octanol–water partition coefficient (Wildman–Crippen LogP) is 3.32. The molecule has 16 heavy (non-hydrogen) atoms. The van der Waals surface area contributed by atoms with Crippen LogP contribution in [0.15, 0.2) is 24.3 Å². The highest BCUT2D eigenvalue weighted by Crippen LogP contribution is 2.40. The van der Waals surface area contributed by atoms with Gasteiger partial charge in [-0.1, -0.05) is 43.5 Å². The zero-order valence-corrected chi connectivity index (χ0v) is 9.71.